The van der Waals surface area contributed by atoms with Crippen LogP contribution >= 0.6 is 0 Å². The van der Waals surface area contributed by atoms with Gasteiger partial charge in [0.15, 0.2) is 0 Å². The zero-order valence-electron chi connectivity index (χ0n) is 17.2. The summed E-state index contributed by atoms with van der Waals surface area (Å²) in [6, 6.07) is 15.9. The molecule has 7 heteroatoms. The second kappa shape index (κ2) is 7.68. The van der Waals surface area contributed by atoms with Crippen molar-refractivity contribution in [2.24, 2.45) is 0 Å². The molecule has 1 saturated carbocycles. The summed E-state index contributed by atoms with van der Waals surface area (Å²) in [6.07, 6.45) is 5.41. The number of anilines is 1. The van der Waals surface area contributed by atoms with E-state index < -0.39 is 5.60 Å². The molecule has 3 aliphatic rings. The number of piperazine rings is 1. The Morgan fingerprint density at radius 3 is 2.45 bits per heavy atom. The van der Waals surface area contributed by atoms with Crippen molar-refractivity contribution in [3.8, 4) is 12.1 Å². The van der Waals surface area contributed by atoms with E-state index in [0.29, 0.717) is 24.2 Å². The lowest BCUT2D eigenvalue weighted by atomic mass is 10.0. The van der Waals surface area contributed by atoms with Gasteiger partial charge in [-0.2, -0.15) is 10.5 Å². The summed E-state index contributed by atoms with van der Waals surface area (Å²) in [6.45, 7) is 1.39. The first-order chi connectivity index (χ1) is 15.1. The molecule has 156 valence electrons. The maximum absolute atomic E-state index is 13.0. The van der Waals surface area contributed by atoms with Crippen LogP contribution in [0.5, 0.6) is 0 Å². The average Bonchev–Trinajstić information content (AvgIpc) is 3.57. The third-order valence-electron chi connectivity index (χ3n) is 6.67. The minimum atomic E-state index is -0.421. The summed E-state index contributed by atoms with van der Waals surface area (Å²) in [7, 11) is 0. The molecule has 1 aromatic heterocycles. The zero-order chi connectivity index (χ0) is 21.4. The molecule has 3 heterocycles. The predicted molar refractivity (Wildman–Crippen MR) is 113 cm³/mol. The molecule has 3 fully saturated rings. The third kappa shape index (κ3) is 3.62. The SMILES string of the molecule is N#Cc1ccc(N2C3CC[C@H]2CN(C(=O)COC2(c4cccc(C#N)c4)CC2)C3)nc1. The van der Waals surface area contributed by atoms with Crippen molar-refractivity contribution < 1.29 is 9.53 Å². The van der Waals surface area contributed by atoms with Gasteiger partial charge in [0.1, 0.15) is 18.5 Å². The van der Waals surface area contributed by atoms with Gasteiger partial charge in [-0.3, -0.25) is 4.79 Å². The van der Waals surface area contributed by atoms with Crippen LogP contribution in [0.25, 0.3) is 0 Å². The number of nitrogens with zero attached hydrogens (tertiary/aromatic N) is 5. The molecule has 1 unspecified atom stereocenters. The molecule has 2 saturated heterocycles. The number of ether oxygens (including phenoxy) is 1. The van der Waals surface area contributed by atoms with Gasteiger partial charge in [0.05, 0.1) is 22.8 Å². The zero-order valence-corrected chi connectivity index (χ0v) is 17.2. The van der Waals surface area contributed by atoms with E-state index in [1.165, 1.54) is 0 Å². The van der Waals surface area contributed by atoms with Crippen molar-refractivity contribution in [2.45, 2.75) is 43.4 Å². The van der Waals surface area contributed by atoms with Gasteiger partial charge in [-0.15, -0.1) is 0 Å². The van der Waals surface area contributed by atoms with Gasteiger partial charge < -0.3 is 14.5 Å². The second-order valence-corrected chi connectivity index (χ2v) is 8.58. The molecule has 1 aliphatic carbocycles. The monoisotopic (exact) mass is 413 g/mol. The lowest BCUT2D eigenvalue weighted by molar-refractivity contribution is -0.140. The normalized spacial score (nSPS) is 23.2. The smallest absolute Gasteiger partial charge is 0.248 e. The summed E-state index contributed by atoms with van der Waals surface area (Å²) >= 11 is 0. The number of nitriles is 2. The van der Waals surface area contributed by atoms with E-state index in [1.54, 1.807) is 18.3 Å². The topological polar surface area (TPSA) is 93.3 Å². The van der Waals surface area contributed by atoms with Crippen LogP contribution in [0.2, 0.25) is 0 Å². The molecule has 2 bridgehead atoms. The number of hydrogen-bond donors (Lipinski definition) is 0. The predicted octanol–water partition coefficient (Wildman–Crippen LogP) is 2.71. The number of pyridine rings is 1. The Kier molecular flexibility index (Phi) is 4.84. The molecule has 7 nitrogen and oxygen atoms in total. The Morgan fingerprint density at radius 2 is 1.84 bits per heavy atom. The van der Waals surface area contributed by atoms with Crippen molar-refractivity contribution >= 4 is 11.7 Å². The van der Waals surface area contributed by atoms with E-state index >= 15 is 0 Å². The van der Waals surface area contributed by atoms with Crippen molar-refractivity contribution in [3.05, 3.63) is 59.3 Å². The fraction of sp³-hybridized carbons (Fsp3) is 0.417. The minimum absolute atomic E-state index is 0.0204. The summed E-state index contributed by atoms with van der Waals surface area (Å²) in [5.74, 6) is 0.899. The number of likely N-dealkylation sites (tertiary alicyclic amines) is 1. The Morgan fingerprint density at radius 1 is 1.10 bits per heavy atom. The number of carbonyl (C=O) groups excluding carboxylic acids is 1. The summed E-state index contributed by atoms with van der Waals surface area (Å²) < 4.78 is 6.11. The fourth-order valence-corrected chi connectivity index (χ4v) is 4.88. The number of benzene rings is 1. The molecular weight excluding hydrogens is 390 g/mol. The standard InChI is InChI=1S/C24H23N5O2/c25-11-17-2-1-3-19(10-17)24(8-9-24)31-16-23(30)28-14-20-5-6-21(15-28)29(20)22-7-4-18(12-26)13-27-22/h1-4,7,10,13,20-21H,5-6,8-9,14-16H2/t20-,21?/m0/s1. The Bertz CT molecular complexity index is 1070. The van der Waals surface area contributed by atoms with E-state index in [0.717, 1.165) is 37.1 Å². The number of amides is 1. The number of hydrogen-bond acceptors (Lipinski definition) is 6. The van der Waals surface area contributed by atoms with Crippen LogP contribution in [0.4, 0.5) is 5.82 Å². The molecule has 2 aromatic rings. The Balaban J connectivity index is 1.22. The molecule has 1 amide bonds. The number of aromatic nitrogens is 1. The van der Waals surface area contributed by atoms with Crippen molar-refractivity contribution in [1.82, 2.24) is 9.88 Å². The van der Waals surface area contributed by atoms with E-state index in [9.17, 15) is 4.79 Å². The number of rotatable bonds is 5. The van der Waals surface area contributed by atoms with Gasteiger partial charge in [-0.05, 0) is 55.5 Å². The van der Waals surface area contributed by atoms with E-state index in [4.69, 9.17) is 15.3 Å². The highest BCUT2D eigenvalue weighted by molar-refractivity contribution is 5.78. The van der Waals surface area contributed by atoms with Crippen LogP contribution in [0, 0.1) is 22.7 Å². The van der Waals surface area contributed by atoms with Crippen LogP contribution in [-0.4, -0.2) is 47.6 Å². The first-order valence-corrected chi connectivity index (χ1v) is 10.7. The second-order valence-electron chi connectivity index (χ2n) is 8.58. The molecule has 5 rings (SSSR count). The molecule has 0 spiro atoms. The van der Waals surface area contributed by atoms with Gasteiger partial charge in [-0.25, -0.2) is 4.98 Å². The number of fused-ring (bicyclic) bond motifs is 2. The summed E-state index contributed by atoms with van der Waals surface area (Å²) in [4.78, 5) is 21.6. The Labute approximate surface area is 181 Å². The van der Waals surface area contributed by atoms with Crippen LogP contribution in [0.3, 0.4) is 0 Å². The molecule has 31 heavy (non-hydrogen) atoms. The molecular formula is C24H23N5O2. The quantitative estimate of drug-likeness (QED) is 0.748. The molecule has 2 aliphatic heterocycles. The molecule has 1 aromatic carbocycles. The minimum Gasteiger partial charge on any atom is -0.360 e. The number of carbonyl (C=O) groups is 1. The maximum Gasteiger partial charge on any atom is 0.248 e. The van der Waals surface area contributed by atoms with E-state index in [1.807, 2.05) is 29.2 Å². The first kappa shape index (κ1) is 19.5. The van der Waals surface area contributed by atoms with Crippen LogP contribution in [0.15, 0.2) is 42.6 Å². The van der Waals surface area contributed by atoms with Crippen LogP contribution in [-0.2, 0) is 15.1 Å². The van der Waals surface area contributed by atoms with E-state index in [-0.39, 0.29) is 24.6 Å². The highest BCUT2D eigenvalue weighted by Crippen LogP contribution is 2.49. The fourth-order valence-electron chi connectivity index (χ4n) is 4.88. The van der Waals surface area contributed by atoms with E-state index in [2.05, 4.69) is 22.0 Å². The maximum atomic E-state index is 13.0. The largest absolute Gasteiger partial charge is 0.360 e. The molecule has 0 N–H and O–H groups in total. The van der Waals surface area contributed by atoms with Crippen LogP contribution in [0.1, 0.15) is 42.4 Å². The first-order valence-electron chi connectivity index (χ1n) is 10.7. The highest BCUT2D eigenvalue weighted by Gasteiger charge is 2.47. The van der Waals surface area contributed by atoms with Gasteiger partial charge in [0, 0.05) is 31.4 Å². The van der Waals surface area contributed by atoms with Gasteiger partial charge >= 0.3 is 0 Å². The summed E-state index contributed by atoms with van der Waals surface area (Å²) in [5, 5.41) is 18.1. The van der Waals surface area contributed by atoms with Gasteiger partial charge in [0.2, 0.25) is 5.91 Å². The lowest BCUT2D eigenvalue weighted by Crippen LogP contribution is -2.56. The lowest BCUT2D eigenvalue weighted by Gasteiger charge is -2.41. The van der Waals surface area contributed by atoms with Crippen LogP contribution < -0.4 is 4.90 Å². The van der Waals surface area contributed by atoms with Gasteiger partial charge in [-0.1, -0.05) is 12.1 Å². The third-order valence-corrected chi connectivity index (χ3v) is 6.67. The Hall–Kier alpha value is -3.42. The molecule has 2 atom stereocenters. The average molecular weight is 413 g/mol. The summed E-state index contributed by atoms with van der Waals surface area (Å²) in [5.41, 5.74) is 1.73. The highest BCUT2D eigenvalue weighted by atomic mass is 16.5. The van der Waals surface area contributed by atoms with Crippen molar-refractivity contribution in [1.29, 1.82) is 10.5 Å². The van der Waals surface area contributed by atoms with Crippen molar-refractivity contribution in [2.75, 3.05) is 24.6 Å². The van der Waals surface area contributed by atoms with Crippen molar-refractivity contribution in [3.63, 3.8) is 0 Å². The molecule has 0 radical (unpaired) electrons. The van der Waals surface area contributed by atoms with Gasteiger partial charge in [0.25, 0.3) is 0 Å².